The number of hydrogen-bond acceptors (Lipinski definition) is 6. The lowest BCUT2D eigenvalue weighted by molar-refractivity contribution is -0.141. The van der Waals surface area contributed by atoms with Crippen LogP contribution < -0.4 is 0 Å². The normalized spacial score (nSPS) is 26.1. The average molecular weight is 421 g/mol. The first-order chi connectivity index (χ1) is 13.1. The highest BCUT2D eigenvalue weighted by Gasteiger charge is 2.55. The minimum absolute atomic E-state index is 0.0480. The van der Waals surface area contributed by atoms with Crippen molar-refractivity contribution in [2.24, 2.45) is 5.41 Å². The average Bonchev–Trinajstić information content (AvgIpc) is 2.55. The first-order valence-electron chi connectivity index (χ1n) is 9.06. The van der Waals surface area contributed by atoms with Gasteiger partial charge in [0.1, 0.15) is 10.6 Å². The highest BCUT2D eigenvalue weighted by molar-refractivity contribution is 7.89. The zero-order chi connectivity index (χ0) is 20.2. The van der Waals surface area contributed by atoms with Crippen molar-refractivity contribution < 1.29 is 31.1 Å². The van der Waals surface area contributed by atoms with Gasteiger partial charge >= 0.3 is 6.18 Å². The van der Waals surface area contributed by atoms with Crippen molar-refractivity contribution in [2.75, 3.05) is 52.5 Å². The van der Waals surface area contributed by atoms with E-state index in [1.807, 2.05) is 0 Å². The molecule has 0 N–H and O–H groups in total. The summed E-state index contributed by atoms with van der Waals surface area (Å²) in [6, 6.07) is 1.71. The van der Waals surface area contributed by atoms with Crippen molar-refractivity contribution in [2.45, 2.75) is 24.1 Å². The summed E-state index contributed by atoms with van der Waals surface area (Å²) in [5, 5.41) is 0. The van der Waals surface area contributed by atoms with Crippen molar-refractivity contribution in [3.05, 3.63) is 23.5 Å². The van der Waals surface area contributed by atoms with Crippen LogP contribution in [0.5, 0.6) is 0 Å². The molecule has 0 radical (unpaired) electrons. The summed E-state index contributed by atoms with van der Waals surface area (Å²) >= 11 is 0. The van der Waals surface area contributed by atoms with E-state index < -0.39 is 21.9 Å². The minimum atomic E-state index is -4.60. The van der Waals surface area contributed by atoms with E-state index in [-0.39, 0.29) is 22.1 Å². The molecule has 1 atom stereocenters. The monoisotopic (exact) mass is 421 g/mol. The number of halogens is 3. The molecule has 0 aliphatic carbocycles. The van der Waals surface area contributed by atoms with Crippen LogP contribution in [0.1, 0.15) is 11.4 Å². The summed E-state index contributed by atoms with van der Waals surface area (Å²) in [6.07, 6.45) is -4.55. The van der Waals surface area contributed by atoms with Gasteiger partial charge in [-0.1, -0.05) is 0 Å². The predicted octanol–water partition coefficient (Wildman–Crippen LogP) is 1.13. The highest BCUT2D eigenvalue weighted by atomic mass is 32.2. The van der Waals surface area contributed by atoms with Crippen LogP contribution in [0.25, 0.3) is 0 Å². The Morgan fingerprint density at radius 3 is 2.50 bits per heavy atom. The molecule has 4 heterocycles. The van der Waals surface area contributed by atoms with E-state index in [0.717, 1.165) is 25.7 Å². The predicted molar refractivity (Wildman–Crippen MR) is 92.2 cm³/mol. The first kappa shape index (κ1) is 20.0. The van der Waals surface area contributed by atoms with E-state index in [2.05, 4.69) is 9.88 Å². The third-order valence-corrected chi connectivity index (χ3v) is 7.36. The Bertz CT molecular complexity index is 842. The van der Waals surface area contributed by atoms with Crippen molar-refractivity contribution in [1.82, 2.24) is 14.2 Å². The maximum atomic E-state index is 12.8. The summed E-state index contributed by atoms with van der Waals surface area (Å²) in [7, 11) is -3.85. The quantitative estimate of drug-likeness (QED) is 0.726. The van der Waals surface area contributed by atoms with E-state index >= 15 is 0 Å². The van der Waals surface area contributed by atoms with Crippen molar-refractivity contribution in [1.29, 1.82) is 0 Å². The van der Waals surface area contributed by atoms with Crippen LogP contribution in [0.3, 0.4) is 0 Å². The van der Waals surface area contributed by atoms with E-state index in [9.17, 15) is 21.6 Å². The summed E-state index contributed by atoms with van der Waals surface area (Å²) in [6.45, 7) is 6.13. The standard InChI is InChI=1S/C17H22F3N3O4S/c1-12-14(2-3-15(21-12)17(18,19)20)28(24,25)23-10-16(11-23)8-22(9-16)6-13-7-26-4-5-27-13/h2-3,13H,4-11H2,1H3. The fourth-order valence-corrected chi connectivity index (χ4v) is 5.98. The number of likely N-dealkylation sites (tertiary alicyclic amines) is 1. The second kappa shape index (κ2) is 6.91. The molecule has 0 bridgehead atoms. The van der Waals surface area contributed by atoms with Gasteiger partial charge in [0, 0.05) is 38.1 Å². The zero-order valence-electron chi connectivity index (χ0n) is 15.4. The molecular formula is C17H22F3N3O4S. The number of aromatic nitrogens is 1. The van der Waals surface area contributed by atoms with Gasteiger partial charge in [-0.05, 0) is 19.1 Å². The molecule has 1 spiro atoms. The Morgan fingerprint density at radius 1 is 1.21 bits per heavy atom. The van der Waals surface area contributed by atoms with E-state index in [4.69, 9.17) is 9.47 Å². The van der Waals surface area contributed by atoms with Gasteiger partial charge < -0.3 is 9.47 Å². The number of rotatable bonds is 4. The van der Waals surface area contributed by atoms with Crippen LogP contribution >= 0.6 is 0 Å². The Kier molecular flexibility index (Phi) is 4.94. The molecule has 3 aliphatic heterocycles. The Labute approximate surface area is 161 Å². The first-order valence-corrected chi connectivity index (χ1v) is 10.5. The molecule has 3 saturated heterocycles. The maximum absolute atomic E-state index is 12.8. The molecule has 0 saturated carbocycles. The molecule has 1 aromatic rings. The molecule has 3 aliphatic rings. The smallest absolute Gasteiger partial charge is 0.376 e. The second-order valence-corrected chi connectivity index (χ2v) is 9.69. The number of hydrogen-bond donors (Lipinski definition) is 0. The van der Waals surface area contributed by atoms with Gasteiger partial charge in [-0.15, -0.1) is 0 Å². The molecule has 28 heavy (non-hydrogen) atoms. The van der Waals surface area contributed by atoms with Gasteiger partial charge in [-0.3, -0.25) is 4.90 Å². The zero-order valence-corrected chi connectivity index (χ0v) is 16.2. The van der Waals surface area contributed by atoms with Gasteiger partial charge in [-0.25, -0.2) is 13.4 Å². The number of ether oxygens (including phenoxy) is 2. The third kappa shape index (κ3) is 3.65. The van der Waals surface area contributed by atoms with E-state index in [1.54, 1.807) is 0 Å². The summed E-state index contributed by atoms with van der Waals surface area (Å²) in [5.41, 5.74) is -1.30. The van der Waals surface area contributed by atoms with Crippen LogP contribution in [-0.4, -0.2) is 81.3 Å². The second-order valence-electron chi connectivity index (χ2n) is 7.79. The maximum Gasteiger partial charge on any atom is 0.433 e. The van der Waals surface area contributed by atoms with Crippen LogP contribution in [0, 0.1) is 12.3 Å². The van der Waals surface area contributed by atoms with Crippen molar-refractivity contribution in [3.8, 4) is 0 Å². The minimum Gasteiger partial charge on any atom is -0.376 e. The van der Waals surface area contributed by atoms with Crippen molar-refractivity contribution in [3.63, 3.8) is 0 Å². The third-order valence-electron chi connectivity index (χ3n) is 5.43. The molecule has 1 unspecified atom stereocenters. The summed E-state index contributed by atoms with van der Waals surface area (Å²) < 4.78 is 76.1. The fraction of sp³-hybridized carbons (Fsp3) is 0.706. The summed E-state index contributed by atoms with van der Waals surface area (Å²) in [4.78, 5) is 5.48. The van der Waals surface area contributed by atoms with Gasteiger partial charge in [0.2, 0.25) is 10.0 Å². The number of nitrogens with zero attached hydrogens (tertiary/aromatic N) is 3. The SMILES string of the molecule is Cc1nc(C(F)(F)F)ccc1S(=O)(=O)N1CC2(CN(CC3COCCO3)C2)C1. The number of pyridine rings is 1. The number of sulfonamides is 1. The van der Waals surface area contributed by atoms with Crippen molar-refractivity contribution >= 4 is 10.0 Å². The molecule has 0 amide bonds. The van der Waals surface area contributed by atoms with Crippen LogP contribution in [0.2, 0.25) is 0 Å². The molecule has 156 valence electrons. The molecule has 4 rings (SSSR count). The Hall–Kier alpha value is -1.27. The summed E-state index contributed by atoms with van der Waals surface area (Å²) in [5.74, 6) is 0. The van der Waals surface area contributed by atoms with E-state index in [1.165, 1.54) is 11.2 Å². The van der Waals surface area contributed by atoms with Gasteiger partial charge in [0.25, 0.3) is 0 Å². The molecule has 3 fully saturated rings. The van der Waals surface area contributed by atoms with Crippen LogP contribution in [-0.2, 0) is 25.7 Å². The van der Waals surface area contributed by atoms with Gasteiger partial charge in [0.15, 0.2) is 0 Å². The Balaban J connectivity index is 1.35. The fourth-order valence-electron chi connectivity index (χ4n) is 4.15. The lowest BCUT2D eigenvalue weighted by Gasteiger charge is -2.60. The number of aryl methyl sites for hydroxylation is 1. The lowest BCUT2D eigenvalue weighted by atomic mass is 9.74. The van der Waals surface area contributed by atoms with Crippen LogP contribution in [0.4, 0.5) is 13.2 Å². The lowest BCUT2D eigenvalue weighted by Crippen LogP contribution is -2.73. The highest BCUT2D eigenvalue weighted by Crippen LogP contribution is 2.42. The largest absolute Gasteiger partial charge is 0.433 e. The molecular weight excluding hydrogens is 399 g/mol. The Morgan fingerprint density at radius 2 is 1.93 bits per heavy atom. The van der Waals surface area contributed by atoms with Gasteiger partial charge in [-0.2, -0.15) is 17.5 Å². The van der Waals surface area contributed by atoms with E-state index in [0.29, 0.717) is 39.0 Å². The molecule has 7 nitrogen and oxygen atoms in total. The topological polar surface area (TPSA) is 72.0 Å². The molecule has 0 aromatic carbocycles. The molecule has 1 aromatic heterocycles. The van der Waals surface area contributed by atoms with Crippen LogP contribution in [0.15, 0.2) is 17.0 Å². The number of alkyl halides is 3. The van der Waals surface area contributed by atoms with Gasteiger partial charge in [0.05, 0.1) is 31.6 Å². The molecule has 11 heteroatoms.